The molecule has 5 nitrogen and oxygen atoms in total. The van der Waals surface area contributed by atoms with Crippen molar-refractivity contribution in [3.05, 3.63) is 0 Å². The number of likely N-dealkylation sites (N-methyl/N-ethyl adjacent to an activating group) is 1. The number of hydrogen-bond acceptors (Lipinski definition) is 4. The average Bonchev–Trinajstić information content (AvgIpc) is 2.27. The summed E-state index contributed by atoms with van der Waals surface area (Å²) in [5.74, 6) is -0.373. The van der Waals surface area contributed by atoms with Crippen LogP contribution < -0.4 is 5.32 Å². The van der Waals surface area contributed by atoms with Gasteiger partial charge in [0.25, 0.3) is 0 Å². The summed E-state index contributed by atoms with van der Waals surface area (Å²) < 4.78 is 4.63. The van der Waals surface area contributed by atoms with Crippen LogP contribution in [0, 0.1) is 0 Å². The monoisotopic (exact) mass is 214 g/mol. The number of hydrogen-bond donors (Lipinski definition) is 1. The van der Waals surface area contributed by atoms with Gasteiger partial charge in [-0.05, 0) is 26.8 Å². The van der Waals surface area contributed by atoms with E-state index in [0.29, 0.717) is 6.54 Å². The van der Waals surface area contributed by atoms with Gasteiger partial charge in [0, 0.05) is 6.54 Å². The maximum atomic E-state index is 11.9. The summed E-state index contributed by atoms with van der Waals surface area (Å²) in [5, 5.41) is 2.95. The normalized spacial score (nSPS) is 23.8. The smallest absolute Gasteiger partial charge is 0.328 e. The predicted molar refractivity (Wildman–Crippen MR) is 55.3 cm³/mol. The Morgan fingerprint density at radius 3 is 2.87 bits per heavy atom. The van der Waals surface area contributed by atoms with Crippen LogP contribution in [0.1, 0.15) is 19.8 Å². The molecule has 1 aliphatic heterocycles. The van der Waals surface area contributed by atoms with E-state index in [9.17, 15) is 9.59 Å². The van der Waals surface area contributed by atoms with E-state index in [-0.39, 0.29) is 17.9 Å². The van der Waals surface area contributed by atoms with Crippen molar-refractivity contribution in [1.29, 1.82) is 0 Å². The van der Waals surface area contributed by atoms with Gasteiger partial charge in [-0.15, -0.1) is 0 Å². The molecule has 1 saturated heterocycles. The van der Waals surface area contributed by atoms with Gasteiger partial charge in [-0.25, -0.2) is 4.79 Å². The molecule has 2 atom stereocenters. The Bertz CT molecular complexity index is 255. The fourth-order valence-corrected chi connectivity index (χ4v) is 1.85. The van der Waals surface area contributed by atoms with Crippen molar-refractivity contribution in [3.8, 4) is 0 Å². The molecule has 1 N–H and O–H groups in total. The fraction of sp³-hybridized carbons (Fsp3) is 0.800. The lowest BCUT2D eigenvalue weighted by Crippen LogP contribution is -2.54. The molecular weight excluding hydrogens is 196 g/mol. The maximum absolute atomic E-state index is 11.9. The van der Waals surface area contributed by atoms with Crippen LogP contribution in [-0.2, 0) is 14.3 Å². The van der Waals surface area contributed by atoms with Crippen molar-refractivity contribution in [2.75, 3.05) is 20.7 Å². The summed E-state index contributed by atoms with van der Waals surface area (Å²) >= 11 is 0. The topological polar surface area (TPSA) is 58.6 Å². The molecule has 0 aliphatic carbocycles. The summed E-state index contributed by atoms with van der Waals surface area (Å²) in [6.45, 7) is 2.33. The van der Waals surface area contributed by atoms with Crippen molar-refractivity contribution >= 4 is 11.9 Å². The van der Waals surface area contributed by atoms with Crippen LogP contribution in [0.4, 0.5) is 0 Å². The number of nitrogens with zero attached hydrogens (tertiary/aromatic N) is 1. The zero-order valence-corrected chi connectivity index (χ0v) is 9.45. The van der Waals surface area contributed by atoms with Gasteiger partial charge in [0.15, 0.2) is 0 Å². The molecule has 1 fully saturated rings. The Balaban J connectivity index is 2.68. The van der Waals surface area contributed by atoms with Crippen molar-refractivity contribution in [1.82, 2.24) is 10.2 Å². The highest BCUT2D eigenvalue weighted by atomic mass is 16.5. The first-order valence-corrected chi connectivity index (χ1v) is 5.17. The van der Waals surface area contributed by atoms with Crippen molar-refractivity contribution in [3.63, 3.8) is 0 Å². The summed E-state index contributed by atoms with van der Waals surface area (Å²) in [6, 6.07) is -0.649. The number of nitrogens with one attached hydrogen (secondary N) is 1. The highest BCUT2D eigenvalue weighted by Crippen LogP contribution is 2.15. The molecule has 5 heteroatoms. The number of esters is 1. The van der Waals surface area contributed by atoms with Crippen LogP contribution >= 0.6 is 0 Å². The summed E-state index contributed by atoms with van der Waals surface area (Å²) in [6.07, 6.45) is 1.75. The molecule has 86 valence electrons. The van der Waals surface area contributed by atoms with Gasteiger partial charge in [-0.3, -0.25) is 4.79 Å². The minimum atomic E-state index is -0.487. The molecule has 2 unspecified atom stereocenters. The van der Waals surface area contributed by atoms with E-state index >= 15 is 0 Å². The van der Waals surface area contributed by atoms with E-state index in [2.05, 4.69) is 10.1 Å². The van der Waals surface area contributed by atoms with Crippen molar-refractivity contribution < 1.29 is 14.3 Å². The number of carbonyl (C=O) groups is 2. The molecule has 1 amide bonds. The van der Waals surface area contributed by atoms with Gasteiger partial charge in [0.05, 0.1) is 13.2 Å². The van der Waals surface area contributed by atoms with Crippen LogP contribution in [0.2, 0.25) is 0 Å². The lowest BCUT2D eigenvalue weighted by atomic mass is 10.0. The van der Waals surface area contributed by atoms with Gasteiger partial charge in [-0.1, -0.05) is 0 Å². The third kappa shape index (κ3) is 2.47. The van der Waals surface area contributed by atoms with Crippen LogP contribution in [-0.4, -0.2) is 49.6 Å². The van der Waals surface area contributed by atoms with Gasteiger partial charge in [0.2, 0.25) is 5.91 Å². The summed E-state index contributed by atoms with van der Waals surface area (Å²) in [5.41, 5.74) is 0. The lowest BCUT2D eigenvalue weighted by molar-refractivity contribution is -0.154. The van der Waals surface area contributed by atoms with Gasteiger partial charge in [0.1, 0.15) is 6.04 Å². The van der Waals surface area contributed by atoms with Crippen LogP contribution in [0.3, 0.4) is 0 Å². The highest BCUT2D eigenvalue weighted by molar-refractivity contribution is 5.87. The van der Waals surface area contributed by atoms with Crippen LogP contribution in [0.5, 0.6) is 0 Å². The quantitative estimate of drug-likeness (QED) is 0.659. The number of ether oxygens (including phenoxy) is 1. The molecule has 0 aromatic heterocycles. The van der Waals surface area contributed by atoms with Crippen LogP contribution in [0.25, 0.3) is 0 Å². The maximum Gasteiger partial charge on any atom is 0.328 e. The first-order chi connectivity index (χ1) is 7.11. The van der Waals surface area contributed by atoms with Crippen molar-refractivity contribution in [2.24, 2.45) is 0 Å². The Kier molecular flexibility index (Phi) is 4.08. The number of amides is 1. The SMILES string of the molecule is CNC1CCCN(C(C)C(=O)OC)C1=O. The number of likely N-dealkylation sites (tertiary alicyclic amines) is 1. The number of carbonyl (C=O) groups excluding carboxylic acids is 2. The van der Waals surface area contributed by atoms with E-state index < -0.39 is 6.04 Å². The Labute approximate surface area is 89.8 Å². The first-order valence-electron chi connectivity index (χ1n) is 5.17. The standard InChI is InChI=1S/C10H18N2O3/c1-7(10(14)15-3)12-6-4-5-8(11-2)9(12)13/h7-8,11H,4-6H2,1-3H3. The molecular formula is C10H18N2O3. The molecule has 15 heavy (non-hydrogen) atoms. The summed E-state index contributed by atoms with van der Waals surface area (Å²) in [7, 11) is 3.09. The summed E-state index contributed by atoms with van der Waals surface area (Å²) in [4.78, 5) is 24.8. The number of rotatable bonds is 3. The molecule has 1 aliphatic rings. The second-order valence-corrected chi connectivity index (χ2v) is 3.71. The molecule has 0 saturated carbocycles. The molecule has 0 spiro atoms. The van der Waals surface area contributed by atoms with Crippen LogP contribution in [0.15, 0.2) is 0 Å². The van der Waals surface area contributed by atoms with E-state index in [4.69, 9.17) is 0 Å². The number of methoxy groups -OCH3 is 1. The predicted octanol–water partition coefficient (Wildman–Crippen LogP) is -0.242. The van der Waals surface area contributed by atoms with E-state index in [1.165, 1.54) is 7.11 Å². The van der Waals surface area contributed by atoms with Gasteiger partial charge >= 0.3 is 5.97 Å². The molecule has 0 aromatic rings. The fourth-order valence-electron chi connectivity index (χ4n) is 1.85. The average molecular weight is 214 g/mol. The molecule has 0 radical (unpaired) electrons. The van der Waals surface area contributed by atoms with Crippen molar-refractivity contribution in [2.45, 2.75) is 31.8 Å². The first kappa shape index (κ1) is 12.0. The zero-order valence-electron chi connectivity index (χ0n) is 9.45. The minimum Gasteiger partial charge on any atom is -0.467 e. The minimum absolute atomic E-state index is 0.0124. The largest absolute Gasteiger partial charge is 0.467 e. The third-order valence-corrected chi connectivity index (χ3v) is 2.83. The molecule has 0 aromatic carbocycles. The number of piperidine rings is 1. The Morgan fingerprint density at radius 2 is 2.33 bits per heavy atom. The van der Waals surface area contributed by atoms with E-state index in [1.54, 1.807) is 18.9 Å². The van der Waals surface area contributed by atoms with Gasteiger partial charge in [-0.2, -0.15) is 0 Å². The molecule has 1 heterocycles. The zero-order chi connectivity index (χ0) is 11.4. The van der Waals surface area contributed by atoms with E-state index in [1.807, 2.05) is 0 Å². The third-order valence-electron chi connectivity index (χ3n) is 2.83. The van der Waals surface area contributed by atoms with Gasteiger partial charge < -0.3 is 15.0 Å². The second-order valence-electron chi connectivity index (χ2n) is 3.71. The second kappa shape index (κ2) is 5.11. The molecule has 0 bridgehead atoms. The Morgan fingerprint density at radius 1 is 1.67 bits per heavy atom. The molecule has 1 rings (SSSR count). The lowest BCUT2D eigenvalue weighted by Gasteiger charge is -2.35. The Hall–Kier alpha value is -1.10. The van der Waals surface area contributed by atoms with E-state index in [0.717, 1.165) is 12.8 Å². The highest BCUT2D eigenvalue weighted by Gasteiger charge is 2.33.